The van der Waals surface area contributed by atoms with E-state index < -0.39 is 5.60 Å². The van der Waals surface area contributed by atoms with E-state index in [-0.39, 0.29) is 12.1 Å². The number of carbonyl (C=O) groups excluding carboxylic acids is 1. The molecule has 3 rings (SSSR count). The first-order chi connectivity index (χ1) is 13.4. The van der Waals surface area contributed by atoms with Crippen molar-refractivity contribution in [2.45, 2.75) is 45.4 Å². The van der Waals surface area contributed by atoms with Crippen LogP contribution in [0.3, 0.4) is 0 Å². The Hall–Kier alpha value is -2.79. The van der Waals surface area contributed by atoms with E-state index in [0.29, 0.717) is 13.0 Å². The third-order valence-corrected chi connectivity index (χ3v) is 4.42. The average Bonchev–Trinajstić information content (AvgIpc) is 3.04. The highest BCUT2D eigenvalue weighted by atomic mass is 16.6. The van der Waals surface area contributed by atoms with Crippen LogP contribution in [0.15, 0.2) is 60.8 Å². The van der Waals surface area contributed by atoms with Gasteiger partial charge in [0.15, 0.2) is 0 Å². The third-order valence-electron chi connectivity index (χ3n) is 4.42. The molecule has 5 nitrogen and oxygen atoms in total. The van der Waals surface area contributed by atoms with E-state index in [1.807, 2.05) is 57.3 Å². The van der Waals surface area contributed by atoms with E-state index in [9.17, 15) is 4.79 Å². The quantitative estimate of drug-likeness (QED) is 0.570. The number of hydrogen-bond acceptors (Lipinski definition) is 3. The number of amides is 1. The second-order valence-electron chi connectivity index (χ2n) is 8.02. The number of hydrogen-bond donors (Lipinski definition) is 3. The van der Waals surface area contributed by atoms with Crippen LogP contribution in [0.2, 0.25) is 0 Å². The fourth-order valence-electron chi connectivity index (χ4n) is 3.20. The molecule has 28 heavy (non-hydrogen) atoms. The van der Waals surface area contributed by atoms with Gasteiger partial charge in [-0.25, -0.2) is 4.79 Å². The Balaban J connectivity index is 1.67. The van der Waals surface area contributed by atoms with E-state index in [2.05, 4.69) is 39.9 Å². The number of aromatic nitrogens is 1. The van der Waals surface area contributed by atoms with Crippen molar-refractivity contribution in [2.75, 3.05) is 6.54 Å². The van der Waals surface area contributed by atoms with Gasteiger partial charge in [0.1, 0.15) is 5.60 Å². The molecule has 3 aromatic rings. The SMILES string of the molecule is CC(C)(C)OC(=O)NC(CNCc1ccccc1)Cc1c[nH]c2ccccc12. The van der Waals surface area contributed by atoms with Crippen LogP contribution in [0.1, 0.15) is 31.9 Å². The number of para-hydroxylation sites is 1. The Morgan fingerprint density at radius 2 is 1.79 bits per heavy atom. The molecule has 0 saturated heterocycles. The van der Waals surface area contributed by atoms with Crippen LogP contribution in [0, 0.1) is 0 Å². The number of nitrogens with one attached hydrogen (secondary N) is 3. The zero-order valence-electron chi connectivity index (χ0n) is 16.8. The summed E-state index contributed by atoms with van der Waals surface area (Å²) >= 11 is 0. The lowest BCUT2D eigenvalue weighted by atomic mass is 10.0. The fourth-order valence-corrected chi connectivity index (χ4v) is 3.20. The number of benzene rings is 2. The Morgan fingerprint density at radius 1 is 1.07 bits per heavy atom. The van der Waals surface area contributed by atoms with Crippen LogP contribution in [0.25, 0.3) is 10.9 Å². The molecule has 3 N–H and O–H groups in total. The van der Waals surface area contributed by atoms with Crippen molar-refractivity contribution in [1.29, 1.82) is 0 Å². The van der Waals surface area contributed by atoms with Crippen molar-refractivity contribution in [3.05, 3.63) is 71.9 Å². The Bertz CT molecular complexity index is 897. The summed E-state index contributed by atoms with van der Waals surface area (Å²) in [7, 11) is 0. The van der Waals surface area contributed by atoms with E-state index in [0.717, 1.165) is 12.1 Å². The molecule has 0 spiro atoms. The van der Waals surface area contributed by atoms with Crippen LogP contribution in [0.4, 0.5) is 4.79 Å². The summed E-state index contributed by atoms with van der Waals surface area (Å²) in [5, 5.41) is 7.66. The number of ether oxygens (including phenoxy) is 1. The van der Waals surface area contributed by atoms with Crippen LogP contribution in [-0.2, 0) is 17.7 Å². The first-order valence-electron chi connectivity index (χ1n) is 9.70. The van der Waals surface area contributed by atoms with Gasteiger partial charge in [0.05, 0.1) is 0 Å². The molecule has 5 heteroatoms. The first kappa shape index (κ1) is 20.0. The fraction of sp³-hybridized carbons (Fsp3) is 0.348. The molecule has 0 fully saturated rings. The lowest BCUT2D eigenvalue weighted by molar-refractivity contribution is 0.0504. The van der Waals surface area contributed by atoms with E-state index in [1.54, 1.807) is 0 Å². The van der Waals surface area contributed by atoms with Crippen molar-refractivity contribution in [1.82, 2.24) is 15.6 Å². The topological polar surface area (TPSA) is 66.2 Å². The van der Waals surface area contributed by atoms with E-state index >= 15 is 0 Å². The van der Waals surface area contributed by atoms with Crippen molar-refractivity contribution >= 4 is 17.0 Å². The van der Waals surface area contributed by atoms with Gasteiger partial charge in [0.25, 0.3) is 0 Å². The molecule has 0 aliphatic rings. The Labute approximate surface area is 166 Å². The lowest BCUT2D eigenvalue weighted by Crippen LogP contribution is -2.45. The van der Waals surface area contributed by atoms with Crippen LogP contribution in [0.5, 0.6) is 0 Å². The maximum absolute atomic E-state index is 12.3. The second-order valence-corrected chi connectivity index (χ2v) is 8.02. The first-order valence-corrected chi connectivity index (χ1v) is 9.70. The molecular weight excluding hydrogens is 350 g/mol. The number of aromatic amines is 1. The van der Waals surface area contributed by atoms with Gasteiger partial charge in [-0.2, -0.15) is 0 Å². The minimum absolute atomic E-state index is 0.0854. The molecule has 148 valence electrons. The molecule has 0 bridgehead atoms. The molecule has 0 saturated carbocycles. The number of fused-ring (bicyclic) bond motifs is 1. The predicted molar refractivity (Wildman–Crippen MR) is 113 cm³/mol. The van der Waals surface area contributed by atoms with Crippen molar-refractivity contribution < 1.29 is 9.53 Å². The van der Waals surface area contributed by atoms with Gasteiger partial charge in [-0.05, 0) is 44.4 Å². The van der Waals surface area contributed by atoms with Gasteiger partial charge >= 0.3 is 6.09 Å². The third kappa shape index (κ3) is 5.86. The highest BCUT2D eigenvalue weighted by Gasteiger charge is 2.20. The van der Waals surface area contributed by atoms with Gasteiger partial charge in [0, 0.05) is 36.2 Å². The highest BCUT2D eigenvalue weighted by Crippen LogP contribution is 2.19. The largest absolute Gasteiger partial charge is 0.444 e. The molecule has 1 unspecified atom stereocenters. The molecular formula is C23H29N3O2. The van der Waals surface area contributed by atoms with Gasteiger partial charge in [-0.15, -0.1) is 0 Å². The van der Waals surface area contributed by atoms with E-state index in [4.69, 9.17) is 4.74 Å². The van der Waals surface area contributed by atoms with Crippen LogP contribution < -0.4 is 10.6 Å². The van der Waals surface area contributed by atoms with Crippen molar-refractivity contribution in [3.8, 4) is 0 Å². The summed E-state index contributed by atoms with van der Waals surface area (Å²) < 4.78 is 5.45. The molecule has 0 aliphatic heterocycles. The zero-order valence-corrected chi connectivity index (χ0v) is 16.8. The van der Waals surface area contributed by atoms with Gasteiger partial charge in [0.2, 0.25) is 0 Å². The van der Waals surface area contributed by atoms with Crippen LogP contribution >= 0.6 is 0 Å². The Morgan fingerprint density at radius 3 is 2.54 bits per heavy atom. The molecule has 0 radical (unpaired) electrons. The predicted octanol–water partition coefficient (Wildman–Crippen LogP) is 4.39. The molecule has 2 aromatic carbocycles. The lowest BCUT2D eigenvalue weighted by Gasteiger charge is -2.24. The summed E-state index contributed by atoms with van der Waals surface area (Å²) in [6, 6.07) is 18.4. The molecule has 1 amide bonds. The van der Waals surface area contributed by atoms with Crippen molar-refractivity contribution in [2.24, 2.45) is 0 Å². The summed E-state index contributed by atoms with van der Waals surface area (Å²) in [5.74, 6) is 0. The minimum Gasteiger partial charge on any atom is -0.444 e. The smallest absolute Gasteiger partial charge is 0.407 e. The number of carbonyl (C=O) groups is 1. The normalized spacial score (nSPS) is 12.7. The summed E-state index contributed by atoms with van der Waals surface area (Å²) in [6.07, 6.45) is 2.34. The van der Waals surface area contributed by atoms with Gasteiger partial charge in [-0.1, -0.05) is 48.5 Å². The molecule has 1 atom stereocenters. The maximum atomic E-state index is 12.3. The number of rotatable bonds is 7. The highest BCUT2D eigenvalue weighted by molar-refractivity contribution is 5.83. The number of H-pyrrole nitrogens is 1. The maximum Gasteiger partial charge on any atom is 0.407 e. The average molecular weight is 380 g/mol. The van der Waals surface area contributed by atoms with Gasteiger partial charge < -0.3 is 20.4 Å². The van der Waals surface area contributed by atoms with Gasteiger partial charge in [-0.3, -0.25) is 0 Å². The standard InChI is InChI=1S/C23H29N3O2/c1-23(2,3)28-22(27)26-19(16-24-14-17-9-5-4-6-10-17)13-18-15-25-21-12-8-7-11-20(18)21/h4-12,15,19,24-25H,13-14,16H2,1-3H3,(H,26,27). The van der Waals surface area contributed by atoms with Crippen LogP contribution in [-0.4, -0.2) is 29.3 Å². The summed E-state index contributed by atoms with van der Waals surface area (Å²) in [4.78, 5) is 15.6. The zero-order chi connectivity index (χ0) is 20.0. The second kappa shape index (κ2) is 8.93. The summed E-state index contributed by atoms with van der Waals surface area (Å²) in [6.45, 7) is 7.01. The van der Waals surface area contributed by atoms with Crippen molar-refractivity contribution in [3.63, 3.8) is 0 Å². The molecule has 1 aromatic heterocycles. The molecule has 0 aliphatic carbocycles. The molecule has 1 heterocycles. The summed E-state index contributed by atoms with van der Waals surface area (Å²) in [5.41, 5.74) is 2.97. The minimum atomic E-state index is -0.521. The monoisotopic (exact) mass is 379 g/mol. The Kier molecular flexibility index (Phi) is 6.37. The number of alkyl carbamates (subject to hydrolysis) is 1. The van der Waals surface area contributed by atoms with E-state index in [1.165, 1.54) is 16.5 Å².